The molecule has 1 fully saturated rings. The normalized spacial score (nSPS) is 14.6. The predicted molar refractivity (Wildman–Crippen MR) is 93.9 cm³/mol. The fraction of sp³-hybridized carbons (Fsp3) is 0.333. The first-order chi connectivity index (χ1) is 12.5. The van der Waals surface area contributed by atoms with E-state index >= 15 is 0 Å². The molecule has 0 saturated carbocycles. The van der Waals surface area contributed by atoms with E-state index in [9.17, 15) is 18.4 Å². The van der Waals surface area contributed by atoms with Crippen LogP contribution in [0.4, 0.5) is 8.78 Å². The molecule has 3 rings (SSSR count). The Balaban J connectivity index is 1.62. The number of aryl methyl sites for hydroxylation is 1. The van der Waals surface area contributed by atoms with Crippen LogP contribution in [0.15, 0.2) is 35.7 Å². The lowest BCUT2D eigenvalue weighted by atomic mass is 10.1. The number of thiophene rings is 1. The van der Waals surface area contributed by atoms with Gasteiger partial charge in [0.15, 0.2) is 0 Å². The van der Waals surface area contributed by atoms with Crippen LogP contribution in [0.5, 0.6) is 5.75 Å². The second-order valence-corrected chi connectivity index (χ2v) is 6.84. The van der Waals surface area contributed by atoms with Gasteiger partial charge in [0.2, 0.25) is 0 Å². The summed E-state index contributed by atoms with van der Waals surface area (Å²) < 4.78 is 29.0. The first kappa shape index (κ1) is 18.3. The van der Waals surface area contributed by atoms with Gasteiger partial charge in [-0.25, -0.2) is 0 Å². The minimum Gasteiger partial charge on any atom is -0.435 e. The average molecular weight is 380 g/mol. The smallest absolute Gasteiger partial charge is 0.387 e. The molecule has 0 N–H and O–H groups in total. The lowest BCUT2D eigenvalue weighted by Gasteiger charge is -2.34. The van der Waals surface area contributed by atoms with Gasteiger partial charge in [-0.3, -0.25) is 9.59 Å². The standard InChI is InChI=1S/C18H18F2N2O3S/c1-12-5-10-26-15(12)17(24)22-8-6-21(7-9-22)16(23)13-3-2-4-14(11-13)25-18(19)20/h2-5,10-11,18H,6-9H2,1H3. The molecule has 2 amide bonds. The first-order valence-electron chi connectivity index (χ1n) is 8.13. The second kappa shape index (κ2) is 7.82. The van der Waals surface area contributed by atoms with Gasteiger partial charge in [0.1, 0.15) is 5.75 Å². The largest absolute Gasteiger partial charge is 0.435 e. The van der Waals surface area contributed by atoms with Crippen LogP contribution in [-0.4, -0.2) is 54.4 Å². The highest BCUT2D eigenvalue weighted by Gasteiger charge is 2.26. The van der Waals surface area contributed by atoms with Crippen molar-refractivity contribution in [3.8, 4) is 5.75 Å². The summed E-state index contributed by atoms with van der Waals surface area (Å²) in [5, 5.41) is 1.89. The van der Waals surface area contributed by atoms with Crippen molar-refractivity contribution in [3.63, 3.8) is 0 Å². The van der Waals surface area contributed by atoms with E-state index in [-0.39, 0.29) is 23.1 Å². The summed E-state index contributed by atoms with van der Waals surface area (Å²) >= 11 is 1.41. The molecule has 26 heavy (non-hydrogen) atoms. The summed E-state index contributed by atoms with van der Waals surface area (Å²) in [4.78, 5) is 29.2. The number of piperazine rings is 1. The Morgan fingerprint density at radius 1 is 1.08 bits per heavy atom. The van der Waals surface area contributed by atoms with E-state index in [0.717, 1.165) is 10.4 Å². The van der Waals surface area contributed by atoms with Crippen LogP contribution in [-0.2, 0) is 0 Å². The number of nitrogens with zero attached hydrogens (tertiary/aromatic N) is 2. The zero-order chi connectivity index (χ0) is 18.7. The minimum absolute atomic E-state index is 0.0167. The molecule has 138 valence electrons. The molecule has 0 spiro atoms. The number of alkyl halides is 2. The molecule has 0 atom stereocenters. The number of carbonyl (C=O) groups is 2. The topological polar surface area (TPSA) is 49.9 Å². The third-order valence-electron chi connectivity index (χ3n) is 4.22. The highest BCUT2D eigenvalue weighted by atomic mass is 32.1. The second-order valence-electron chi connectivity index (χ2n) is 5.92. The summed E-state index contributed by atoms with van der Waals surface area (Å²) in [6, 6.07) is 7.66. The molecule has 0 aliphatic carbocycles. The average Bonchev–Trinajstić information content (AvgIpc) is 3.06. The van der Waals surface area contributed by atoms with E-state index in [4.69, 9.17) is 0 Å². The summed E-state index contributed by atoms with van der Waals surface area (Å²) in [7, 11) is 0. The highest BCUT2D eigenvalue weighted by Crippen LogP contribution is 2.20. The van der Waals surface area contributed by atoms with Crippen molar-refractivity contribution in [2.45, 2.75) is 13.5 Å². The van der Waals surface area contributed by atoms with Crippen molar-refractivity contribution in [3.05, 3.63) is 51.7 Å². The molecular formula is C18H18F2N2O3S. The predicted octanol–water partition coefficient (Wildman–Crippen LogP) is 3.26. The molecule has 8 heteroatoms. The van der Waals surface area contributed by atoms with Crippen LogP contribution >= 0.6 is 11.3 Å². The molecule has 0 radical (unpaired) electrons. The van der Waals surface area contributed by atoms with Gasteiger partial charge in [-0.15, -0.1) is 11.3 Å². The number of hydrogen-bond acceptors (Lipinski definition) is 4. The van der Waals surface area contributed by atoms with E-state index in [0.29, 0.717) is 26.2 Å². The molecule has 1 aliphatic heterocycles. The lowest BCUT2D eigenvalue weighted by Crippen LogP contribution is -2.50. The van der Waals surface area contributed by atoms with Crippen molar-refractivity contribution in [2.24, 2.45) is 0 Å². The lowest BCUT2D eigenvalue weighted by molar-refractivity contribution is -0.0499. The van der Waals surface area contributed by atoms with Crippen molar-refractivity contribution in [1.82, 2.24) is 9.80 Å². The summed E-state index contributed by atoms with van der Waals surface area (Å²) in [6.45, 7) is 0.641. The molecule has 2 aromatic rings. The fourth-order valence-electron chi connectivity index (χ4n) is 2.84. The number of hydrogen-bond donors (Lipinski definition) is 0. The van der Waals surface area contributed by atoms with E-state index in [1.807, 2.05) is 18.4 Å². The minimum atomic E-state index is -2.93. The first-order valence-corrected chi connectivity index (χ1v) is 9.01. The van der Waals surface area contributed by atoms with E-state index < -0.39 is 6.61 Å². The van der Waals surface area contributed by atoms with Crippen molar-refractivity contribution < 1.29 is 23.1 Å². The van der Waals surface area contributed by atoms with Crippen LogP contribution in [0, 0.1) is 6.92 Å². The fourth-order valence-corrected chi connectivity index (χ4v) is 3.73. The Bertz CT molecular complexity index is 801. The number of amides is 2. The van der Waals surface area contributed by atoms with Gasteiger partial charge in [-0.05, 0) is 42.1 Å². The van der Waals surface area contributed by atoms with Crippen LogP contribution < -0.4 is 4.74 Å². The summed E-state index contributed by atoms with van der Waals surface area (Å²) in [6.07, 6.45) is 0. The Hall–Kier alpha value is -2.48. The van der Waals surface area contributed by atoms with Crippen LogP contribution in [0.3, 0.4) is 0 Å². The Labute approximate surface area is 153 Å². The maximum absolute atomic E-state index is 12.6. The highest BCUT2D eigenvalue weighted by molar-refractivity contribution is 7.12. The number of rotatable bonds is 4. The van der Waals surface area contributed by atoms with E-state index in [1.165, 1.54) is 29.5 Å². The molecule has 1 saturated heterocycles. The molecule has 1 aliphatic rings. The number of benzene rings is 1. The molecule has 1 aromatic heterocycles. The number of halogens is 2. The number of carbonyl (C=O) groups excluding carboxylic acids is 2. The third kappa shape index (κ3) is 4.01. The monoisotopic (exact) mass is 380 g/mol. The Morgan fingerprint density at radius 2 is 1.73 bits per heavy atom. The van der Waals surface area contributed by atoms with Crippen molar-refractivity contribution in [2.75, 3.05) is 26.2 Å². The molecular weight excluding hydrogens is 362 g/mol. The molecule has 0 unspecified atom stereocenters. The zero-order valence-corrected chi connectivity index (χ0v) is 15.0. The Kier molecular flexibility index (Phi) is 5.51. The maximum atomic E-state index is 12.6. The van der Waals surface area contributed by atoms with Gasteiger partial charge in [0.25, 0.3) is 11.8 Å². The number of ether oxygens (including phenoxy) is 1. The van der Waals surface area contributed by atoms with Gasteiger partial charge in [-0.1, -0.05) is 6.07 Å². The van der Waals surface area contributed by atoms with Crippen molar-refractivity contribution in [1.29, 1.82) is 0 Å². The zero-order valence-electron chi connectivity index (χ0n) is 14.2. The van der Waals surface area contributed by atoms with E-state index in [1.54, 1.807) is 15.9 Å². The van der Waals surface area contributed by atoms with Gasteiger partial charge < -0.3 is 14.5 Å². The molecule has 5 nitrogen and oxygen atoms in total. The van der Waals surface area contributed by atoms with E-state index in [2.05, 4.69) is 4.74 Å². The van der Waals surface area contributed by atoms with Gasteiger partial charge in [0, 0.05) is 31.7 Å². The third-order valence-corrected chi connectivity index (χ3v) is 5.22. The van der Waals surface area contributed by atoms with Crippen LogP contribution in [0.25, 0.3) is 0 Å². The quantitative estimate of drug-likeness (QED) is 0.818. The summed E-state index contributed by atoms with van der Waals surface area (Å²) in [5.74, 6) is -0.325. The van der Waals surface area contributed by atoms with Crippen LogP contribution in [0.1, 0.15) is 25.6 Å². The molecule has 1 aromatic carbocycles. The van der Waals surface area contributed by atoms with Crippen LogP contribution in [0.2, 0.25) is 0 Å². The molecule has 0 bridgehead atoms. The molecule has 2 heterocycles. The van der Waals surface area contributed by atoms with Crippen molar-refractivity contribution >= 4 is 23.2 Å². The Morgan fingerprint density at radius 3 is 2.31 bits per heavy atom. The van der Waals surface area contributed by atoms with Gasteiger partial charge >= 0.3 is 6.61 Å². The summed E-state index contributed by atoms with van der Waals surface area (Å²) in [5.41, 5.74) is 1.24. The maximum Gasteiger partial charge on any atom is 0.387 e. The van der Waals surface area contributed by atoms with Gasteiger partial charge in [-0.2, -0.15) is 8.78 Å². The SMILES string of the molecule is Cc1ccsc1C(=O)N1CCN(C(=O)c2cccc(OC(F)F)c2)CC1. The van der Waals surface area contributed by atoms with Gasteiger partial charge in [0.05, 0.1) is 4.88 Å².